The van der Waals surface area contributed by atoms with E-state index in [2.05, 4.69) is 62.5 Å². The topological polar surface area (TPSA) is 49.3 Å². The van der Waals surface area contributed by atoms with Crippen LogP contribution in [-0.2, 0) is 0 Å². The third-order valence-corrected chi connectivity index (χ3v) is 5.92. The summed E-state index contributed by atoms with van der Waals surface area (Å²) in [7, 11) is 0. The summed E-state index contributed by atoms with van der Waals surface area (Å²) < 4.78 is 0. The van der Waals surface area contributed by atoms with Crippen molar-refractivity contribution in [3.63, 3.8) is 0 Å². The van der Waals surface area contributed by atoms with Gasteiger partial charge in [0.05, 0.1) is 11.6 Å². The predicted octanol–water partition coefficient (Wildman–Crippen LogP) is 5.64. The lowest BCUT2D eigenvalue weighted by Gasteiger charge is -2.39. The van der Waals surface area contributed by atoms with Gasteiger partial charge in [0, 0.05) is 11.6 Å². The van der Waals surface area contributed by atoms with Gasteiger partial charge in [0.1, 0.15) is 0 Å². The molecule has 0 fully saturated rings. The van der Waals surface area contributed by atoms with Gasteiger partial charge >= 0.3 is 5.97 Å². The van der Waals surface area contributed by atoms with Crippen LogP contribution in [0.1, 0.15) is 70.8 Å². The van der Waals surface area contributed by atoms with E-state index in [-0.39, 0.29) is 12.0 Å². The molecule has 0 saturated heterocycles. The Labute approximate surface area is 154 Å². The highest BCUT2D eigenvalue weighted by atomic mass is 16.4. The summed E-state index contributed by atoms with van der Waals surface area (Å²) in [6, 6.07) is 12.7. The molecule has 3 atom stereocenters. The highest BCUT2D eigenvalue weighted by molar-refractivity contribution is 5.93. The smallest absolute Gasteiger partial charge is 0.336 e. The van der Waals surface area contributed by atoms with Crippen LogP contribution in [0.2, 0.25) is 0 Å². The number of rotatable bonds is 3. The lowest BCUT2D eigenvalue weighted by Crippen LogP contribution is -2.31. The highest BCUT2D eigenvalue weighted by Gasteiger charge is 2.40. The molecule has 3 nitrogen and oxygen atoms in total. The third-order valence-electron chi connectivity index (χ3n) is 5.92. The summed E-state index contributed by atoms with van der Waals surface area (Å²) in [5.41, 5.74) is 6.09. The van der Waals surface area contributed by atoms with Crippen LogP contribution in [0.5, 0.6) is 0 Å². The van der Waals surface area contributed by atoms with E-state index in [1.807, 2.05) is 6.07 Å². The van der Waals surface area contributed by atoms with Crippen molar-refractivity contribution in [3.05, 3.63) is 76.4 Å². The summed E-state index contributed by atoms with van der Waals surface area (Å²) >= 11 is 0. The highest BCUT2D eigenvalue weighted by Crippen LogP contribution is 2.51. The van der Waals surface area contributed by atoms with Gasteiger partial charge in [0.2, 0.25) is 0 Å². The van der Waals surface area contributed by atoms with Crippen molar-refractivity contribution in [1.82, 2.24) is 0 Å². The molecule has 0 aromatic heterocycles. The van der Waals surface area contributed by atoms with E-state index in [1.54, 1.807) is 6.07 Å². The maximum atomic E-state index is 11.8. The van der Waals surface area contributed by atoms with Crippen LogP contribution in [0.3, 0.4) is 0 Å². The Bertz CT molecular complexity index is 880. The van der Waals surface area contributed by atoms with Crippen LogP contribution in [0.25, 0.3) is 0 Å². The molecule has 2 aromatic rings. The molecular formula is C23H25NO2. The SMILES string of the molecule is Cc1ccc(C(=O)O)c2c1N[C@H](c1ccc(C(C)C)cc1)[C@H]1CC=C[C@H]21. The molecule has 1 aliphatic heterocycles. The molecule has 4 rings (SSSR count). The third kappa shape index (κ3) is 2.63. The van der Waals surface area contributed by atoms with Crippen LogP contribution >= 0.6 is 0 Å². The molecule has 0 unspecified atom stereocenters. The van der Waals surface area contributed by atoms with Crippen molar-refractivity contribution in [1.29, 1.82) is 0 Å². The first-order valence-corrected chi connectivity index (χ1v) is 9.37. The van der Waals surface area contributed by atoms with Gasteiger partial charge in [-0.2, -0.15) is 0 Å². The molecule has 2 N–H and O–H groups in total. The fraction of sp³-hybridized carbons (Fsp3) is 0.348. The molecule has 1 aliphatic carbocycles. The van der Waals surface area contributed by atoms with Crippen LogP contribution < -0.4 is 5.32 Å². The number of aryl methyl sites for hydroxylation is 1. The number of nitrogens with one attached hydrogen (secondary N) is 1. The normalized spacial score (nSPS) is 23.5. The van der Waals surface area contributed by atoms with Gasteiger partial charge in [0.25, 0.3) is 0 Å². The van der Waals surface area contributed by atoms with Crippen molar-refractivity contribution in [2.75, 3.05) is 5.32 Å². The number of aromatic carboxylic acids is 1. The van der Waals surface area contributed by atoms with Crippen molar-refractivity contribution in [2.45, 2.75) is 45.1 Å². The van der Waals surface area contributed by atoms with E-state index in [4.69, 9.17) is 0 Å². The van der Waals surface area contributed by atoms with Crippen LogP contribution in [0, 0.1) is 12.8 Å². The Hall–Kier alpha value is -2.55. The lowest BCUT2D eigenvalue weighted by molar-refractivity contribution is 0.0695. The Morgan fingerprint density at radius 1 is 1.15 bits per heavy atom. The van der Waals surface area contributed by atoms with E-state index in [9.17, 15) is 9.90 Å². The van der Waals surface area contributed by atoms with Gasteiger partial charge in [-0.15, -0.1) is 0 Å². The van der Waals surface area contributed by atoms with E-state index in [0.717, 1.165) is 23.2 Å². The predicted molar refractivity (Wildman–Crippen MR) is 105 cm³/mol. The number of carbonyl (C=O) groups is 1. The Balaban J connectivity index is 1.80. The first-order chi connectivity index (χ1) is 12.5. The fourth-order valence-electron chi connectivity index (χ4n) is 4.46. The number of hydrogen-bond acceptors (Lipinski definition) is 2. The molecule has 134 valence electrons. The lowest BCUT2D eigenvalue weighted by atomic mass is 9.74. The van der Waals surface area contributed by atoms with Gasteiger partial charge in [-0.3, -0.25) is 0 Å². The van der Waals surface area contributed by atoms with Crippen LogP contribution in [0.15, 0.2) is 48.6 Å². The van der Waals surface area contributed by atoms with Crippen molar-refractivity contribution >= 4 is 11.7 Å². The van der Waals surface area contributed by atoms with E-state index in [0.29, 0.717) is 17.4 Å². The van der Waals surface area contributed by atoms with Crippen LogP contribution in [-0.4, -0.2) is 11.1 Å². The molecule has 2 aliphatic rings. The molecular weight excluding hydrogens is 322 g/mol. The minimum absolute atomic E-state index is 0.159. The molecule has 26 heavy (non-hydrogen) atoms. The zero-order valence-electron chi connectivity index (χ0n) is 15.5. The second kappa shape index (κ2) is 6.31. The summed E-state index contributed by atoms with van der Waals surface area (Å²) in [4.78, 5) is 11.8. The van der Waals surface area contributed by atoms with E-state index < -0.39 is 5.97 Å². The summed E-state index contributed by atoms with van der Waals surface area (Å²) in [5.74, 6) is 0.187. The van der Waals surface area contributed by atoms with E-state index >= 15 is 0 Å². The number of fused-ring (bicyclic) bond motifs is 3. The molecule has 1 heterocycles. The second-order valence-electron chi connectivity index (χ2n) is 7.82. The number of carboxylic acids is 1. The van der Waals surface area contributed by atoms with E-state index in [1.165, 1.54) is 11.1 Å². The van der Waals surface area contributed by atoms with Gasteiger partial charge < -0.3 is 10.4 Å². The quantitative estimate of drug-likeness (QED) is 0.706. The first-order valence-electron chi connectivity index (χ1n) is 9.37. The number of hydrogen-bond donors (Lipinski definition) is 2. The minimum atomic E-state index is -0.846. The molecule has 3 heteroatoms. The maximum absolute atomic E-state index is 11.8. The zero-order chi connectivity index (χ0) is 18.4. The minimum Gasteiger partial charge on any atom is -0.478 e. The average Bonchev–Trinajstić information content (AvgIpc) is 3.11. The van der Waals surface area contributed by atoms with Crippen LogP contribution in [0.4, 0.5) is 5.69 Å². The zero-order valence-corrected chi connectivity index (χ0v) is 15.5. The van der Waals surface area contributed by atoms with Crippen molar-refractivity contribution in [3.8, 4) is 0 Å². The number of carboxylic acid groups (broad SMARTS) is 1. The summed E-state index contributed by atoms with van der Waals surface area (Å²) in [5, 5.41) is 13.4. The van der Waals surface area contributed by atoms with Gasteiger partial charge in [-0.1, -0.05) is 56.3 Å². The number of allylic oxidation sites excluding steroid dienone is 2. The summed E-state index contributed by atoms with van der Waals surface area (Å²) in [6.07, 6.45) is 5.38. The molecule has 0 spiro atoms. The van der Waals surface area contributed by atoms with Gasteiger partial charge in [-0.05, 0) is 53.5 Å². The average molecular weight is 347 g/mol. The molecule has 0 amide bonds. The van der Waals surface area contributed by atoms with Crippen molar-refractivity contribution < 1.29 is 9.90 Å². The summed E-state index contributed by atoms with van der Waals surface area (Å²) in [6.45, 7) is 6.46. The largest absolute Gasteiger partial charge is 0.478 e. The fourth-order valence-corrected chi connectivity index (χ4v) is 4.46. The van der Waals surface area contributed by atoms with Gasteiger partial charge in [-0.25, -0.2) is 4.79 Å². The maximum Gasteiger partial charge on any atom is 0.336 e. The number of benzene rings is 2. The molecule has 0 saturated carbocycles. The second-order valence-corrected chi connectivity index (χ2v) is 7.82. The van der Waals surface area contributed by atoms with Crippen molar-refractivity contribution in [2.24, 2.45) is 5.92 Å². The standard InChI is InChI=1S/C23H25NO2/c1-13(2)15-8-10-16(11-9-15)22-18-6-4-5-17(18)20-19(23(25)26)12-7-14(3)21(20)24-22/h4-5,7-13,17-18,22,24H,6H2,1-3H3,(H,25,26)/t17-,18-,22+/m0/s1. The first kappa shape index (κ1) is 16.9. The molecule has 0 radical (unpaired) electrons. The van der Waals surface area contributed by atoms with Gasteiger partial charge in [0.15, 0.2) is 0 Å². The molecule has 0 bridgehead atoms. The Kier molecular flexibility index (Phi) is 4.10. The number of anilines is 1. The monoisotopic (exact) mass is 347 g/mol. The molecule has 2 aromatic carbocycles. The Morgan fingerprint density at radius 2 is 1.88 bits per heavy atom. The Morgan fingerprint density at radius 3 is 2.54 bits per heavy atom.